The van der Waals surface area contributed by atoms with Gasteiger partial charge < -0.3 is 10.3 Å². The van der Waals surface area contributed by atoms with E-state index in [1.54, 1.807) is 0 Å². The van der Waals surface area contributed by atoms with Crippen LogP contribution in [0.3, 0.4) is 0 Å². The highest BCUT2D eigenvalue weighted by Gasteiger charge is 2.13. The largest absolute Gasteiger partial charge is 0.338 e. The molecule has 0 atom stereocenters. The lowest BCUT2D eigenvalue weighted by Gasteiger charge is -2.20. The molecule has 3 rings (SSSR count). The molecule has 1 aromatic heterocycles. The van der Waals surface area contributed by atoms with Crippen LogP contribution in [0.2, 0.25) is 0 Å². The second-order valence-corrected chi connectivity index (χ2v) is 6.22. The molecule has 2 aromatic carbocycles. The highest BCUT2D eigenvalue weighted by Crippen LogP contribution is 2.17. The monoisotopic (exact) mass is 336 g/mol. The van der Waals surface area contributed by atoms with Crippen LogP contribution in [0.5, 0.6) is 0 Å². The van der Waals surface area contributed by atoms with Gasteiger partial charge in [0.1, 0.15) is 0 Å². The zero-order valence-corrected chi connectivity index (χ0v) is 14.6. The first-order valence-electron chi connectivity index (χ1n) is 8.60. The van der Waals surface area contributed by atoms with Gasteiger partial charge in [-0.1, -0.05) is 65.3 Å². The van der Waals surface area contributed by atoms with Gasteiger partial charge >= 0.3 is 0 Å². The highest BCUT2D eigenvalue weighted by molar-refractivity contribution is 5.54. The second kappa shape index (κ2) is 8.55. The van der Waals surface area contributed by atoms with Gasteiger partial charge in [0.2, 0.25) is 11.7 Å². The first-order valence-corrected chi connectivity index (χ1v) is 8.60. The molecule has 0 unspecified atom stereocenters. The fourth-order valence-electron chi connectivity index (χ4n) is 2.70. The van der Waals surface area contributed by atoms with Crippen molar-refractivity contribution < 1.29 is 4.52 Å². The molecule has 3 aromatic rings. The summed E-state index contributed by atoms with van der Waals surface area (Å²) in [6.07, 6.45) is 0.936. The zero-order valence-electron chi connectivity index (χ0n) is 14.6. The van der Waals surface area contributed by atoms with Crippen molar-refractivity contribution in [1.29, 1.82) is 0 Å². The minimum absolute atomic E-state index is 0.619. The van der Waals surface area contributed by atoms with Crippen LogP contribution in [0.1, 0.15) is 23.4 Å². The van der Waals surface area contributed by atoms with E-state index in [9.17, 15) is 0 Å². The molecule has 130 valence electrons. The van der Waals surface area contributed by atoms with Crippen molar-refractivity contribution >= 4 is 0 Å². The molecule has 5 nitrogen and oxygen atoms in total. The molecule has 5 heteroatoms. The van der Waals surface area contributed by atoms with Gasteiger partial charge in [-0.05, 0) is 25.5 Å². The molecule has 0 saturated carbocycles. The molecule has 0 bridgehead atoms. The quantitative estimate of drug-likeness (QED) is 0.683. The van der Waals surface area contributed by atoms with E-state index in [-0.39, 0.29) is 0 Å². The average Bonchev–Trinajstić information content (AvgIpc) is 3.09. The number of aryl methyl sites for hydroxylation is 1. The van der Waals surface area contributed by atoms with Crippen LogP contribution in [0.4, 0.5) is 0 Å². The number of benzene rings is 2. The normalized spacial score (nSPS) is 11.2. The summed E-state index contributed by atoms with van der Waals surface area (Å²) >= 11 is 0. The summed E-state index contributed by atoms with van der Waals surface area (Å²) in [6.45, 7) is 5.08. The highest BCUT2D eigenvalue weighted by atomic mass is 16.5. The Morgan fingerprint density at radius 1 is 1.00 bits per heavy atom. The number of rotatable bonds is 8. The Bertz CT molecular complexity index is 768. The summed E-state index contributed by atoms with van der Waals surface area (Å²) in [5.74, 6) is 1.26. The van der Waals surface area contributed by atoms with Gasteiger partial charge in [-0.15, -0.1) is 0 Å². The Labute approximate surface area is 148 Å². The first kappa shape index (κ1) is 17.3. The number of hydrogen-bond donors (Lipinski definition) is 1. The number of nitrogens with two attached hydrogens (primary N) is 1. The van der Waals surface area contributed by atoms with E-state index in [1.807, 2.05) is 30.3 Å². The van der Waals surface area contributed by atoms with Gasteiger partial charge in [-0.2, -0.15) is 4.98 Å². The van der Waals surface area contributed by atoms with Gasteiger partial charge in [-0.25, -0.2) is 0 Å². The van der Waals surface area contributed by atoms with Gasteiger partial charge in [-0.3, -0.25) is 4.90 Å². The molecule has 0 aliphatic heterocycles. The standard InChI is InChI=1S/C20H24N4O/c1-16-8-10-18(11-9-16)20-22-19(25-23-20)15-24(13-5-12-21)14-17-6-3-2-4-7-17/h2-4,6-11H,5,12-15,21H2,1H3. The summed E-state index contributed by atoms with van der Waals surface area (Å²) < 4.78 is 5.46. The Balaban J connectivity index is 1.69. The first-order chi connectivity index (χ1) is 12.2. The number of hydrogen-bond acceptors (Lipinski definition) is 5. The van der Waals surface area contributed by atoms with E-state index in [2.05, 4.69) is 46.2 Å². The smallest absolute Gasteiger partial charge is 0.241 e. The zero-order chi connectivity index (χ0) is 17.5. The second-order valence-electron chi connectivity index (χ2n) is 6.22. The molecule has 2 N–H and O–H groups in total. The number of aromatic nitrogens is 2. The molecule has 0 saturated heterocycles. The van der Waals surface area contributed by atoms with E-state index < -0.39 is 0 Å². The van der Waals surface area contributed by atoms with Crippen LogP contribution >= 0.6 is 0 Å². The molecule has 0 aliphatic carbocycles. The Morgan fingerprint density at radius 2 is 1.76 bits per heavy atom. The summed E-state index contributed by atoms with van der Waals surface area (Å²) in [7, 11) is 0. The third-order valence-electron chi connectivity index (χ3n) is 4.06. The van der Waals surface area contributed by atoms with E-state index in [0.29, 0.717) is 24.8 Å². The average molecular weight is 336 g/mol. The van der Waals surface area contributed by atoms with Crippen LogP contribution in [0.25, 0.3) is 11.4 Å². The van der Waals surface area contributed by atoms with Gasteiger partial charge in [0.25, 0.3) is 0 Å². The van der Waals surface area contributed by atoms with Crippen molar-refractivity contribution in [3.05, 3.63) is 71.6 Å². The molecule has 25 heavy (non-hydrogen) atoms. The van der Waals surface area contributed by atoms with Gasteiger partial charge in [0, 0.05) is 18.7 Å². The Kier molecular flexibility index (Phi) is 5.93. The molecule has 0 amide bonds. The predicted octanol–water partition coefficient (Wildman–Crippen LogP) is 3.40. The fraction of sp³-hybridized carbons (Fsp3) is 0.300. The lowest BCUT2D eigenvalue weighted by atomic mass is 10.1. The summed E-state index contributed by atoms with van der Waals surface area (Å²) in [6, 6.07) is 18.5. The molecular weight excluding hydrogens is 312 g/mol. The summed E-state index contributed by atoms with van der Waals surface area (Å²) in [4.78, 5) is 6.84. The van der Waals surface area contributed by atoms with Crippen molar-refractivity contribution in [2.75, 3.05) is 13.1 Å². The molecule has 0 radical (unpaired) electrons. The fourth-order valence-corrected chi connectivity index (χ4v) is 2.70. The lowest BCUT2D eigenvalue weighted by Crippen LogP contribution is -2.25. The molecule has 0 spiro atoms. The van der Waals surface area contributed by atoms with Crippen molar-refractivity contribution in [3.8, 4) is 11.4 Å². The molecule has 0 aliphatic rings. The minimum Gasteiger partial charge on any atom is -0.338 e. The van der Waals surface area contributed by atoms with E-state index in [4.69, 9.17) is 10.3 Å². The SMILES string of the molecule is Cc1ccc(-c2noc(CN(CCCN)Cc3ccccc3)n2)cc1. The van der Waals surface area contributed by atoms with Crippen molar-refractivity contribution in [2.45, 2.75) is 26.4 Å². The maximum Gasteiger partial charge on any atom is 0.241 e. The van der Waals surface area contributed by atoms with Gasteiger partial charge in [0.05, 0.1) is 6.54 Å². The van der Waals surface area contributed by atoms with Gasteiger partial charge in [0.15, 0.2) is 0 Å². The Morgan fingerprint density at radius 3 is 2.48 bits per heavy atom. The lowest BCUT2D eigenvalue weighted by molar-refractivity contribution is 0.217. The molecular formula is C20H24N4O. The maximum atomic E-state index is 5.68. The van der Waals surface area contributed by atoms with Crippen molar-refractivity contribution in [1.82, 2.24) is 15.0 Å². The van der Waals surface area contributed by atoms with Crippen molar-refractivity contribution in [3.63, 3.8) is 0 Å². The third kappa shape index (κ3) is 4.98. The van der Waals surface area contributed by atoms with Crippen molar-refractivity contribution in [2.24, 2.45) is 5.73 Å². The van der Waals surface area contributed by atoms with E-state index in [0.717, 1.165) is 25.1 Å². The van der Waals surface area contributed by atoms with Crippen LogP contribution in [0.15, 0.2) is 59.1 Å². The summed E-state index contributed by atoms with van der Waals surface area (Å²) in [5, 5.41) is 4.12. The van der Waals surface area contributed by atoms with E-state index >= 15 is 0 Å². The Hall–Kier alpha value is -2.50. The predicted molar refractivity (Wildman–Crippen MR) is 98.7 cm³/mol. The van der Waals surface area contributed by atoms with Crippen LogP contribution in [0, 0.1) is 6.92 Å². The van der Waals surface area contributed by atoms with Crippen LogP contribution in [-0.4, -0.2) is 28.1 Å². The third-order valence-corrected chi connectivity index (χ3v) is 4.06. The minimum atomic E-state index is 0.619. The maximum absolute atomic E-state index is 5.68. The van der Waals surface area contributed by atoms with Crippen LogP contribution in [-0.2, 0) is 13.1 Å². The number of nitrogens with zero attached hydrogens (tertiary/aromatic N) is 3. The molecule has 0 fully saturated rings. The molecule has 1 heterocycles. The topological polar surface area (TPSA) is 68.2 Å². The van der Waals surface area contributed by atoms with E-state index in [1.165, 1.54) is 11.1 Å². The van der Waals surface area contributed by atoms with Crippen LogP contribution < -0.4 is 5.73 Å². The summed E-state index contributed by atoms with van der Waals surface area (Å²) in [5.41, 5.74) is 9.12.